The summed E-state index contributed by atoms with van der Waals surface area (Å²) in [6, 6.07) is 10.6. The molecule has 0 spiro atoms. The van der Waals surface area contributed by atoms with Gasteiger partial charge in [-0.2, -0.15) is 0 Å². The number of benzene rings is 1. The molecular formula is C16H19N3S. The maximum atomic E-state index is 5.72. The van der Waals surface area contributed by atoms with Crippen molar-refractivity contribution in [2.24, 2.45) is 5.73 Å². The first-order valence-corrected chi connectivity index (χ1v) is 7.90. The summed E-state index contributed by atoms with van der Waals surface area (Å²) in [7, 11) is 0. The summed E-state index contributed by atoms with van der Waals surface area (Å²) >= 11 is 1.79. The molecule has 3 rings (SSSR count). The molecule has 0 unspecified atom stereocenters. The van der Waals surface area contributed by atoms with Crippen LogP contribution in [0.1, 0.15) is 29.6 Å². The van der Waals surface area contributed by atoms with E-state index in [1.54, 1.807) is 11.3 Å². The number of hydrogen-bond acceptors (Lipinski definition) is 3. The van der Waals surface area contributed by atoms with Crippen LogP contribution in [0, 0.1) is 0 Å². The van der Waals surface area contributed by atoms with E-state index in [1.165, 1.54) is 10.4 Å². The van der Waals surface area contributed by atoms with Gasteiger partial charge >= 0.3 is 0 Å². The van der Waals surface area contributed by atoms with Crippen LogP contribution in [0.15, 0.2) is 35.7 Å². The largest absolute Gasteiger partial charge is 0.328 e. The number of nitrogens with two attached hydrogens (primary N) is 1. The summed E-state index contributed by atoms with van der Waals surface area (Å²) in [4.78, 5) is 6.19. The molecule has 0 atom stereocenters. The average Bonchev–Trinajstić information content (AvgIpc) is 3.08. The van der Waals surface area contributed by atoms with Gasteiger partial charge < -0.3 is 10.3 Å². The van der Waals surface area contributed by atoms with Gasteiger partial charge in [0.15, 0.2) is 0 Å². The third-order valence-electron chi connectivity index (χ3n) is 3.49. The van der Waals surface area contributed by atoms with Crippen molar-refractivity contribution in [1.82, 2.24) is 9.55 Å². The Balaban J connectivity index is 2.07. The van der Waals surface area contributed by atoms with Gasteiger partial charge in [0.05, 0.1) is 11.0 Å². The van der Waals surface area contributed by atoms with Crippen LogP contribution in [0.2, 0.25) is 0 Å². The van der Waals surface area contributed by atoms with Crippen molar-refractivity contribution in [1.29, 1.82) is 0 Å². The summed E-state index contributed by atoms with van der Waals surface area (Å²) in [5.41, 5.74) is 9.14. The highest BCUT2D eigenvalue weighted by atomic mass is 32.1. The molecule has 0 radical (unpaired) electrons. The quantitative estimate of drug-likeness (QED) is 0.779. The highest BCUT2D eigenvalue weighted by Gasteiger charge is 2.11. The summed E-state index contributed by atoms with van der Waals surface area (Å²) in [6.45, 7) is 3.78. The van der Waals surface area contributed by atoms with Crippen molar-refractivity contribution in [3.8, 4) is 0 Å². The molecule has 0 aliphatic heterocycles. The number of rotatable bonds is 5. The molecule has 0 aliphatic rings. The number of nitrogens with zero attached hydrogens (tertiary/aromatic N) is 2. The van der Waals surface area contributed by atoms with Gasteiger partial charge in [0.1, 0.15) is 5.82 Å². The molecule has 2 N–H and O–H groups in total. The maximum absolute atomic E-state index is 5.72. The molecule has 3 nitrogen and oxygen atoms in total. The minimum atomic E-state index is 0.566. The molecule has 3 aromatic rings. The van der Waals surface area contributed by atoms with Gasteiger partial charge in [-0.15, -0.1) is 11.3 Å². The molecule has 4 heteroatoms. The van der Waals surface area contributed by atoms with Crippen LogP contribution in [0.5, 0.6) is 0 Å². The van der Waals surface area contributed by atoms with E-state index >= 15 is 0 Å². The topological polar surface area (TPSA) is 43.8 Å². The smallest absolute Gasteiger partial charge is 0.115 e. The predicted octanol–water partition coefficient (Wildman–Crippen LogP) is 3.56. The van der Waals surface area contributed by atoms with E-state index in [2.05, 4.69) is 47.2 Å². The van der Waals surface area contributed by atoms with Crippen LogP contribution in [-0.4, -0.2) is 9.55 Å². The molecule has 0 bridgehead atoms. The molecule has 0 saturated heterocycles. The Morgan fingerprint density at radius 1 is 1.30 bits per heavy atom. The van der Waals surface area contributed by atoms with Gasteiger partial charge in [-0.3, -0.25) is 0 Å². The second kappa shape index (κ2) is 5.77. The zero-order chi connectivity index (χ0) is 13.9. The van der Waals surface area contributed by atoms with E-state index in [-0.39, 0.29) is 0 Å². The van der Waals surface area contributed by atoms with E-state index in [0.29, 0.717) is 6.54 Å². The van der Waals surface area contributed by atoms with Gasteiger partial charge in [-0.25, -0.2) is 4.98 Å². The Morgan fingerprint density at radius 3 is 2.90 bits per heavy atom. The lowest BCUT2D eigenvalue weighted by Gasteiger charge is -2.07. The van der Waals surface area contributed by atoms with Crippen molar-refractivity contribution >= 4 is 22.4 Å². The normalized spacial score (nSPS) is 11.3. The van der Waals surface area contributed by atoms with Crippen LogP contribution >= 0.6 is 11.3 Å². The molecule has 0 saturated carbocycles. The second-order valence-electron chi connectivity index (χ2n) is 4.96. The van der Waals surface area contributed by atoms with Gasteiger partial charge in [-0.05, 0) is 35.6 Å². The van der Waals surface area contributed by atoms with Gasteiger partial charge in [0.2, 0.25) is 0 Å². The monoisotopic (exact) mass is 285 g/mol. The van der Waals surface area contributed by atoms with E-state index in [9.17, 15) is 0 Å². The molecular weight excluding hydrogens is 266 g/mol. The molecule has 0 fully saturated rings. The van der Waals surface area contributed by atoms with Gasteiger partial charge in [-0.1, -0.05) is 19.1 Å². The number of aryl methyl sites for hydroxylation is 1. The minimum Gasteiger partial charge on any atom is -0.328 e. The fourth-order valence-corrected chi connectivity index (χ4v) is 3.23. The van der Waals surface area contributed by atoms with Gasteiger partial charge in [0, 0.05) is 24.4 Å². The molecule has 2 aromatic heterocycles. The van der Waals surface area contributed by atoms with Crippen LogP contribution in [-0.2, 0) is 19.5 Å². The van der Waals surface area contributed by atoms with Crippen LogP contribution in [0.25, 0.3) is 11.0 Å². The van der Waals surface area contributed by atoms with E-state index in [1.807, 2.05) is 0 Å². The first-order valence-electron chi connectivity index (χ1n) is 7.02. The average molecular weight is 285 g/mol. The van der Waals surface area contributed by atoms with E-state index in [4.69, 9.17) is 10.7 Å². The van der Waals surface area contributed by atoms with Crippen LogP contribution < -0.4 is 5.73 Å². The third-order valence-corrected chi connectivity index (χ3v) is 4.36. The van der Waals surface area contributed by atoms with E-state index < -0.39 is 0 Å². The zero-order valence-corrected chi connectivity index (χ0v) is 12.5. The Labute approximate surface area is 123 Å². The van der Waals surface area contributed by atoms with Crippen molar-refractivity contribution in [3.05, 3.63) is 52.0 Å². The lowest BCUT2D eigenvalue weighted by Crippen LogP contribution is -2.03. The standard InChI is InChI=1S/C16H19N3S/c1-2-7-19-15-6-5-12(11-17)9-14(15)18-16(19)10-13-4-3-8-20-13/h3-6,8-9H,2,7,10-11,17H2,1H3. The summed E-state index contributed by atoms with van der Waals surface area (Å²) in [5, 5.41) is 2.12. The Hall–Kier alpha value is -1.65. The second-order valence-corrected chi connectivity index (χ2v) is 6.00. The predicted molar refractivity (Wildman–Crippen MR) is 85.0 cm³/mol. The fourth-order valence-electron chi connectivity index (χ4n) is 2.53. The third kappa shape index (κ3) is 2.49. The molecule has 2 heterocycles. The zero-order valence-electron chi connectivity index (χ0n) is 11.7. The Bertz CT molecular complexity index is 698. The maximum Gasteiger partial charge on any atom is 0.115 e. The summed E-state index contributed by atoms with van der Waals surface area (Å²) < 4.78 is 2.34. The van der Waals surface area contributed by atoms with Crippen molar-refractivity contribution in [2.75, 3.05) is 0 Å². The molecule has 0 amide bonds. The van der Waals surface area contributed by atoms with Crippen molar-refractivity contribution < 1.29 is 0 Å². The van der Waals surface area contributed by atoms with Crippen LogP contribution in [0.4, 0.5) is 0 Å². The summed E-state index contributed by atoms with van der Waals surface area (Å²) in [6.07, 6.45) is 2.02. The number of fused-ring (bicyclic) bond motifs is 1. The summed E-state index contributed by atoms with van der Waals surface area (Å²) in [5.74, 6) is 1.15. The first kappa shape index (κ1) is 13.3. The highest BCUT2D eigenvalue weighted by Crippen LogP contribution is 2.22. The van der Waals surface area contributed by atoms with Crippen molar-refractivity contribution in [3.63, 3.8) is 0 Å². The molecule has 20 heavy (non-hydrogen) atoms. The number of thiophene rings is 1. The number of hydrogen-bond donors (Lipinski definition) is 1. The minimum absolute atomic E-state index is 0.566. The molecule has 0 aliphatic carbocycles. The molecule has 1 aromatic carbocycles. The Morgan fingerprint density at radius 2 is 2.20 bits per heavy atom. The molecule has 104 valence electrons. The van der Waals surface area contributed by atoms with Crippen LogP contribution in [0.3, 0.4) is 0 Å². The highest BCUT2D eigenvalue weighted by molar-refractivity contribution is 7.09. The SMILES string of the molecule is CCCn1c(Cc2cccs2)nc2cc(CN)ccc21. The first-order chi connectivity index (χ1) is 9.81. The lowest BCUT2D eigenvalue weighted by atomic mass is 10.2. The van der Waals surface area contributed by atoms with Gasteiger partial charge in [0.25, 0.3) is 0 Å². The van der Waals surface area contributed by atoms with E-state index in [0.717, 1.165) is 36.3 Å². The lowest BCUT2D eigenvalue weighted by molar-refractivity contribution is 0.665. The number of aromatic nitrogens is 2. The fraction of sp³-hybridized carbons (Fsp3) is 0.312. The number of imidazole rings is 1. The Kier molecular flexibility index (Phi) is 3.85. The van der Waals surface area contributed by atoms with Crippen molar-refractivity contribution in [2.45, 2.75) is 32.9 Å².